The molecule has 22 heavy (non-hydrogen) atoms. The zero-order valence-corrected chi connectivity index (χ0v) is 14.3. The molecular formula is C17H28N2O3. The van der Waals surface area contributed by atoms with Crippen LogP contribution in [0.15, 0.2) is 12.3 Å². The van der Waals surface area contributed by atoms with Gasteiger partial charge in [-0.2, -0.15) is 0 Å². The minimum absolute atomic E-state index is 0.0647. The van der Waals surface area contributed by atoms with Gasteiger partial charge in [-0.25, -0.2) is 4.79 Å². The van der Waals surface area contributed by atoms with E-state index in [1.54, 1.807) is 11.0 Å². The molecule has 5 heteroatoms. The molecule has 2 unspecified atom stereocenters. The molecule has 1 heterocycles. The molecule has 2 rings (SSSR count). The smallest absolute Gasteiger partial charge is 0.410 e. The van der Waals surface area contributed by atoms with E-state index in [0.717, 1.165) is 12.8 Å². The predicted octanol–water partition coefficient (Wildman–Crippen LogP) is 2.52. The van der Waals surface area contributed by atoms with Gasteiger partial charge in [-0.1, -0.05) is 0 Å². The highest BCUT2D eigenvalue weighted by Gasteiger charge is 2.46. The minimum Gasteiger partial charge on any atom is -0.444 e. The van der Waals surface area contributed by atoms with Crippen LogP contribution < -0.4 is 0 Å². The SMILES string of the molecule is CN(C)/C=C/C(=O)C1C2CCC1CN(C(=O)OC(C)(C)C)C2. The molecule has 5 nitrogen and oxygen atoms in total. The van der Waals surface area contributed by atoms with Crippen molar-refractivity contribution in [3.63, 3.8) is 0 Å². The van der Waals surface area contributed by atoms with Gasteiger partial charge in [0.25, 0.3) is 0 Å². The number of piperidine rings is 1. The summed E-state index contributed by atoms with van der Waals surface area (Å²) in [5, 5.41) is 0. The molecule has 0 aromatic heterocycles. The number of allylic oxidation sites excluding steroid dienone is 1. The molecule has 1 aliphatic carbocycles. The van der Waals surface area contributed by atoms with Crippen molar-refractivity contribution in [1.82, 2.24) is 9.80 Å². The van der Waals surface area contributed by atoms with Gasteiger partial charge in [-0.15, -0.1) is 0 Å². The van der Waals surface area contributed by atoms with E-state index in [1.165, 1.54) is 0 Å². The number of carbonyl (C=O) groups excluding carboxylic acids is 2. The normalized spacial score (nSPS) is 28.0. The Morgan fingerprint density at radius 2 is 1.68 bits per heavy atom. The van der Waals surface area contributed by atoms with E-state index in [9.17, 15) is 9.59 Å². The van der Waals surface area contributed by atoms with Crippen LogP contribution in [0.4, 0.5) is 4.79 Å². The summed E-state index contributed by atoms with van der Waals surface area (Å²) >= 11 is 0. The molecule has 0 spiro atoms. The summed E-state index contributed by atoms with van der Waals surface area (Å²) in [6.45, 7) is 6.90. The average molecular weight is 308 g/mol. The van der Waals surface area contributed by atoms with Crippen molar-refractivity contribution in [2.24, 2.45) is 17.8 Å². The van der Waals surface area contributed by atoms with Gasteiger partial charge < -0.3 is 14.5 Å². The number of hydrogen-bond acceptors (Lipinski definition) is 4. The van der Waals surface area contributed by atoms with Gasteiger partial charge in [0.05, 0.1) is 0 Å². The molecule has 1 aliphatic heterocycles. The number of nitrogens with zero attached hydrogens (tertiary/aromatic N) is 2. The van der Waals surface area contributed by atoms with E-state index >= 15 is 0 Å². The molecule has 2 bridgehead atoms. The number of hydrogen-bond donors (Lipinski definition) is 0. The first kappa shape index (κ1) is 16.8. The lowest BCUT2D eigenvalue weighted by molar-refractivity contribution is -0.122. The van der Waals surface area contributed by atoms with Crippen molar-refractivity contribution in [3.8, 4) is 0 Å². The molecule has 1 amide bonds. The third-order valence-electron chi connectivity index (χ3n) is 4.35. The van der Waals surface area contributed by atoms with Gasteiger partial charge in [-0.3, -0.25) is 4.79 Å². The highest BCUT2D eigenvalue weighted by molar-refractivity contribution is 5.92. The Kier molecular flexibility index (Phi) is 4.83. The minimum atomic E-state index is -0.475. The second-order valence-corrected chi connectivity index (χ2v) is 7.69. The Hall–Kier alpha value is -1.52. The first-order valence-corrected chi connectivity index (χ1v) is 8.04. The fourth-order valence-electron chi connectivity index (χ4n) is 3.50. The maximum absolute atomic E-state index is 12.4. The average Bonchev–Trinajstić information content (AvgIpc) is 2.64. The second kappa shape index (κ2) is 6.31. The van der Waals surface area contributed by atoms with Crippen LogP contribution in [0.5, 0.6) is 0 Å². The first-order chi connectivity index (χ1) is 10.2. The number of ketones is 1. The maximum Gasteiger partial charge on any atom is 0.410 e. The van der Waals surface area contributed by atoms with Crippen molar-refractivity contribution in [2.45, 2.75) is 39.2 Å². The summed E-state index contributed by atoms with van der Waals surface area (Å²) in [5.41, 5.74) is -0.475. The van der Waals surface area contributed by atoms with Crippen LogP contribution >= 0.6 is 0 Å². The highest BCUT2D eigenvalue weighted by Crippen LogP contribution is 2.42. The Balaban J connectivity index is 2.00. The number of fused-ring (bicyclic) bond motifs is 2. The molecule has 0 aromatic carbocycles. The monoisotopic (exact) mass is 308 g/mol. The summed E-state index contributed by atoms with van der Waals surface area (Å²) in [6, 6.07) is 0. The van der Waals surface area contributed by atoms with Gasteiger partial charge in [0.2, 0.25) is 0 Å². The maximum atomic E-state index is 12.4. The number of ether oxygens (including phenoxy) is 1. The third kappa shape index (κ3) is 4.02. The van der Waals surface area contributed by atoms with Crippen molar-refractivity contribution in [2.75, 3.05) is 27.2 Å². The van der Waals surface area contributed by atoms with Crippen LogP contribution in [0, 0.1) is 17.8 Å². The van der Waals surface area contributed by atoms with E-state index in [2.05, 4.69) is 0 Å². The quantitative estimate of drug-likeness (QED) is 0.752. The van der Waals surface area contributed by atoms with E-state index in [0.29, 0.717) is 13.1 Å². The summed E-state index contributed by atoms with van der Waals surface area (Å²) in [7, 11) is 3.81. The van der Waals surface area contributed by atoms with Gasteiger partial charge in [0, 0.05) is 39.3 Å². The van der Waals surface area contributed by atoms with Crippen molar-refractivity contribution in [1.29, 1.82) is 0 Å². The molecule has 2 atom stereocenters. The van der Waals surface area contributed by atoms with E-state index in [1.807, 2.05) is 46.0 Å². The van der Waals surface area contributed by atoms with Gasteiger partial charge in [0.1, 0.15) is 5.60 Å². The third-order valence-corrected chi connectivity index (χ3v) is 4.35. The topological polar surface area (TPSA) is 49.9 Å². The number of likely N-dealkylation sites (tertiary alicyclic amines) is 1. The molecule has 2 aliphatic rings. The lowest BCUT2D eigenvalue weighted by Crippen LogP contribution is -2.48. The van der Waals surface area contributed by atoms with Crippen LogP contribution in [0.3, 0.4) is 0 Å². The molecular weight excluding hydrogens is 280 g/mol. The lowest BCUT2D eigenvalue weighted by Gasteiger charge is -2.37. The van der Waals surface area contributed by atoms with Gasteiger partial charge in [0.15, 0.2) is 5.78 Å². The van der Waals surface area contributed by atoms with Crippen molar-refractivity contribution >= 4 is 11.9 Å². The largest absolute Gasteiger partial charge is 0.444 e. The standard InChI is InChI=1S/C17H28N2O3/c1-17(2,3)22-16(21)19-10-12-6-7-13(11-19)15(12)14(20)8-9-18(4)5/h8-9,12-13,15H,6-7,10-11H2,1-5H3/b9-8+. The summed E-state index contributed by atoms with van der Waals surface area (Å²) < 4.78 is 5.46. The molecule has 0 aromatic rings. The van der Waals surface area contributed by atoms with Gasteiger partial charge >= 0.3 is 6.09 Å². The molecule has 0 N–H and O–H groups in total. The number of amides is 1. The van der Waals surface area contributed by atoms with Crippen LogP contribution in [0.2, 0.25) is 0 Å². The second-order valence-electron chi connectivity index (χ2n) is 7.69. The van der Waals surface area contributed by atoms with Gasteiger partial charge in [-0.05, 0) is 51.5 Å². The Morgan fingerprint density at radius 3 is 2.14 bits per heavy atom. The number of rotatable bonds is 3. The van der Waals surface area contributed by atoms with E-state index < -0.39 is 5.60 Å². The summed E-state index contributed by atoms with van der Waals surface area (Å²) in [5.74, 6) is 0.802. The predicted molar refractivity (Wildman–Crippen MR) is 85.3 cm³/mol. The fraction of sp³-hybridized carbons (Fsp3) is 0.765. The van der Waals surface area contributed by atoms with Crippen LogP contribution in [0.25, 0.3) is 0 Å². The molecule has 124 valence electrons. The van der Waals surface area contributed by atoms with Crippen LogP contribution in [0.1, 0.15) is 33.6 Å². The van der Waals surface area contributed by atoms with E-state index in [-0.39, 0.29) is 29.6 Å². The van der Waals surface area contributed by atoms with Crippen molar-refractivity contribution < 1.29 is 14.3 Å². The molecule has 1 saturated carbocycles. The molecule has 0 radical (unpaired) electrons. The lowest BCUT2D eigenvalue weighted by atomic mass is 9.82. The first-order valence-electron chi connectivity index (χ1n) is 8.04. The number of carbonyl (C=O) groups is 2. The Bertz CT molecular complexity index is 451. The molecule has 1 saturated heterocycles. The fourth-order valence-corrected chi connectivity index (χ4v) is 3.50. The Labute approximate surface area is 133 Å². The zero-order valence-electron chi connectivity index (χ0n) is 14.3. The highest BCUT2D eigenvalue weighted by atomic mass is 16.6. The molecule has 2 fully saturated rings. The van der Waals surface area contributed by atoms with Crippen LogP contribution in [-0.2, 0) is 9.53 Å². The summed E-state index contributed by atoms with van der Waals surface area (Å²) in [6.07, 6.45) is 5.28. The van der Waals surface area contributed by atoms with E-state index in [4.69, 9.17) is 4.74 Å². The summed E-state index contributed by atoms with van der Waals surface area (Å²) in [4.78, 5) is 28.3. The van der Waals surface area contributed by atoms with Crippen molar-refractivity contribution in [3.05, 3.63) is 12.3 Å². The Morgan fingerprint density at radius 1 is 1.14 bits per heavy atom. The zero-order chi connectivity index (χ0) is 16.5. The van der Waals surface area contributed by atoms with Crippen LogP contribution in [-0.4, -0.2) is 54.5 Å².